The van der Waals surface area contributed by atoms with Gasteiger partial charge in [0.2, 0.25) is 0 Å². The van der Waals surface area contributed by atoms with Crippen LogP contribution in [0.25, 0.3) is 0 Å². The van der Waals surface area contributed by atoms with Crippen molar-refractivity contribution in [2.75, 3.05) is 26.3 Å². The molecule has 0 bridgehead atoms. The first-order valence-corrected chi connectivity index (χ1v) is 5.13. The van der Waals surface area contributed by atoms with Gasteiger partial charge in [0.15, 0.2) is 0 Å². The lowest BCUT2D eigenvalue weighted by Gasteiger charge is -2.14. The van der Waals surface area contributed by atoms with Crippen molar-refractivity contribution in [3.05, 3.63) is 0 Å². The molecule has 0 aromatic rings. The summed E-state index contributed by atoms with van der Waals surface area (Å²) >= 11 is 0. The van der Waals surface area contributed by atoms with Crippen LogP contribution in [0.3, 0.4) is 0 Å². The molecule has 0 radical (unpaired) electrons. The third kappa shape index (κ3) is 8.22. The van der Waals surface area contributed by atoms with E-state index in [0.717, 1.165) is 25.9 Å². The first-order chi connectivity index (χ1) is 6.20. The molecule has 0 heterocycles. The molecule has 0 fully saturated rings. The van der Waals surface area contributed by atoms with Crippen LogP contribution in [0.2, 0.25) is 0 Å². The van der Waals surface area contributed by atoms with Crippen molar-refractivity contribution < 1.29 is 10.2 Å². The van der Waals surface area contributed by atoms with Crippen molar-refractivity contribution in [1.82, 2.24) is 5.32 Å². The minimum absolute atomic E-state index is 0.273. The van der Waals surface area contributed by atoms with Crippen LogP contribution in [0.1, 0.15) is 26.7 Å². The topological polar surface area (TPSA) is 52.5 Å². The molecule has 0 saturated carbocycles. The Bertz CT molecular complexity index is 97.1. The van der Waals surface area contributed by atoms with Crippen molar-refractivity contribution in [2.24, 2.45) is 11.8 Å². The van der Waals surface area contributed by atoms with Crippen molar-refractivity contribution in [3.8, 4) is 0 Å². The first kappa shape index (κ1) is 12.9. The third-order valence-corrected chi connectivity index (χ3v) is 2.23. The molecule has 0 aliphatic heterocycles. The van der Waals surface area contributed by atoms with E-state index in [9.17, 15) is 0 Å². The molecular formula is C10H23NO2. The van der Waals surface area contributed by atoms with Crippen molar-refractivity contribution in [3.63, 3.8) is 0 Å². The lowest BCUT2D eigenvalue weighted by atomic mass is 10.1. The second kappa shape index (κ2) is 8.48. The van der Waals surface area contributed by atoms with E-state index < -0.39 is 0 Å². The average molecular weight is 189 g/mol. The second-order valence-electron chi connectivity index (χ2n) is 3.89. The lowest BCUT2D eigenvalue weighted by Crippen LogP contribution is -2.27. The van der Waals surface area contributed by atoms with Gasteiger partial charge in [-0.15, -0.1) is 0 Å². The number of aliphatic hydroxyl groups is 2. The van der Waals surface area contributed by atoms with Crippen LogP contribution < -0.4 is 5.32 Å². The summed E-state index contributed by atoms with van der Waals surface area (Å²) in [7, 11) is 0. The fourth-order valence-electron chi connectivity index (χ4n) is 1.22. The second-order valence-corrected chi connectivity index (χ2v) is 3.89. The number of nitrogens with one attached hydrogen (secondary N) is 1. The summed E-state index contributed by atoms with van der Waals surface area (Å²) in [6, 6.07) is 0. The Balaban J connectivity index is 3.23. The predicted octanol–water partition coefficient (Wildman–Crippen LogP) is 0.613. The van der Waals surface area contributed by atoms with Gasteiger partial charge in [-0.3, -0.25) is 0 Å². The third-order valence-electron chi connectivity index (χ3n) is 2.23. The van der Waals surface area contributed by atoms with Crippen molar-refractivity contribution >= 4 is 0 Å². The maximum Gasteiger partial charge on any atom is 0.0434 e. The summed E-state index contributed by atoms with van der Waals surface area (Å²) in [5.74, 6) is 1.07. The number of hydrogen-bond donors (Lipinski definition) is 3. The van der Waals surface area contributed by atoms with Crippen LogP contribution in [-0.2, 0) is 0 Å². The van der Waals surface area contributed by atoms with Gasteiger partial charge >= 0.3 is 0 Å². The molecule has 3 N–H and O–H groups in total. The van der Waals surface area contributed by atoms with Gasteiger partial charge in [-0.1, -0.05) is 13.8 Å². The quantitative estimate of drug-likeness (QED) is 0.524. The molecule has 0 saturated heterocycles. The molecule has 80 valence electrons. The SMILES string of the molecule is CC(CCO)CNCC(C)CCO. The molecular weight excluding hydrogens is 166 g/mol. The normalized spacial score (nSPS) is 15.7. The van der Waals surface area contributed by atoms with Crippen LogP contribution in [0.5, 0.6) is 0 Å². The summed E-state index contributed by atoms with van der Waals surface area (Å²) in [4.78, 5) is 0. The van der Waals surface area contributed by atoms with Crippen LogP contribution in [0.4, 0.5) is 0 Å². The number of rotatable bonds is 8. The van der Waals surface area contributed by atoms with E-state index in [1.807, 2.05) is 0 Å². The highest BCUT2D eigenvalue weighted by Gasteiger charge is 2.03. The zero-order chi connectivity index (χ0) is 10.1. The highest BCUT2D eigenvalue weighted by molar-refractivity contribution is 4.60. The molecule has 0 rings (SSSR count). The standard InChI is InChI=1S/C10H23NO2/c1-9(3-5-12)7-11-8-10(2)4-6-13/h9-13H,3-8H2,1-2H3. The maximum absolute atomic E-state index is 8.67. The van der Waals surface area contributed by atoms with Crippen molar-refractivity contribution in [2.45, 2.75) is 26.7 Å². The Morgan fingerprint density at radius 1 is 0.923 bits per heavy atom. The van der Waals surface area contributed by atoms with E-state index in [1.165, 1.54) is 0 Å². The highest BCUT2D eigenvalue weighted by atomic mass is 16.3. The van der Waals surface area contributed by atoms with Gasteiger partial charge in [0, 0.05) is 13.2 Å². The molecule has 0 amide bonds. The largest absolute Gasteiger partial charge is 0.396 e. The molecule has 0 spiro atoms. The molecule has 3 heteroatoms. The van der Waals surface area contributed by atoms with E-state index in [2.05, 4.69) is 19.2 Å². The molecule has 0 aromatic heterocycles. The van der Waals surface area contributed by atoms with Gasteiger partial charge in [-0.05, 0) is 37.8 Å². The van der Waals surface area contributed by atoms with E-state index in [1.54, 1.807) is 0 Å². The molecule has 0 aromatic carbocycles. The summed E-state index contributed by atoms with van der Waals surface area (Å²) in [5.41, 5.74) is 0. The number of aliphatic hydroxyl groups excluding tert-OH is 2. The van der Waals surface area contributed by atoms with Gasteiger partial charge in [0.05, 0.1) is 0 Å². The first-order valence-electron chi connectivity index (χ1n) is 5.13. The maximum atomic E-state index is 8.67. The molecule has 3 nitrogen and oxygen atoms in total. The van der Waals surface area contributed by atoms with Crippen LogP contribution in [0.15, 0.2) is 0 Å². The van der Waals surface area contributed by atoms with Gasteiger partial charge in [-0.2, -0.15) is 0 Å². The Morgan fingerprint density at radius 3 is 1.62 bits per heavy atom. The highest BCUT2D eigenvalue weighted by Crippen LogP contribution is 2.01. The summed E-state index contributed by atoms with van der Waals surface area (Å²) in [6.45, 7) is 6.70. The van der Waals surface area contributed by atoms with Crippen molar-refractivity contribution in [1.29, 1.82) is 0 Å². The van der Waals surface area contributed by atoms with E-state index in [0.29, 0.717) is 11.8 Å². The average Bonchev–Trinajstić information content (AvgIpc) is 2.05. The zero-order valence-corrected chi connectivity index (χ0v) is 8.79. The minimum atomic E-state index is 0.273. The van der Waals surface area contributed by atoms with E-state index in [-0.39, 0.29) is 13.2 Å². The summed E-state index contributed by atoms with van der Waals surface area (Å²) in [6.07, 6.45) is 1.72. The molecule has 2 unspecified atom stereocenters. The van der Waals surface area contributed by atoms with Crippen LogP contribution >= 0.6 is 0 Å². The predicted molar refractivity (Wildman–Crippen MR) is 54.6 cm³/mol. The fourth-order valence-corrected chi connectivity index (χ4v) is 1.22. The Morgan fingerprint density at radius 2 is 1.31 bits per heavy atom. The molecule has 0 aliphatic rings. The minimum Gasteiger partial charge on any atom is -0.396 e. The number of hydrogen-bond acceptors (Lipinski definition) is 3. The smallest absolute Gasteiger partial charge is 0.0434 e. The lowest BCUT2D eigenvalue weighted by molar-refractivity contribution is 0.250. The van der Waals surface area contributed by atoms with Gasteiger partial charge in [-0.25, -0.2) is 0 Å². The zero-order valence-electron chi connectivity index (χ0n) is 8.79. The summed E-state index contributed by atoms with van der Waals surface area (Å²) in [5, 5.41) is 20.7. The summed E-state index contributed by atoms with van der Waals surface area (Å²) < 4.78 is 0. The molecule has 2 atom stereocenters. The molecule has 0 aliphatic carbocycles. The fraction of sp³-hybridized carbons (Fsp3) is 1.00. The Labute approximate surface area is 81.2 Å². The monoisotopic (exact) mass is 189 g/mol. The van der Waals surface area contributed by atoms with E-state index in [4.69, 9.17) is 10.2 Å². The van der Waals surface area contributed by atoms with Gasteiger partial charge in [0.1, 0.15) is 0 Å². The van der Waals surface area contributed by atoms with Gasteiger partial charge in [0.25, 0.3) is 0 Å². The van der Waals surface area contributed by atoms with Crippen LogP contribution in [0, 0.1) is 11.8 Å². The van der Waals surface area contributed by atoms with Gasteiger partial charge < -0.3 is 15.5 Å². The van der Waals surface area contributed by atoms with Crippen LogP contribution in [-0.4, -0.2) is 36.5 Å². The Kier molecular flexibility index (Phi) is 8.40. The Hall–Kier alpha value is -0.120. The molecule has 13 heavy (non-hydrogen) atoms. The van der Waals surface area contributed by atoms with E-state index >= 15 is 0 Å².